The summed E-state index contributed by atoms with van der Waals surface area (Å²) in [5.74, 6) is -5.94. The molecule has 1 saturated heterocycles. The number of hydrogen-bond acceptors (Lipinski definition) is 4. The Morgan fingerprint density at radius 1 is 0.913 bits per heavy atom. The highest BCUT2D eigenvalue weighted by Crippen LogP contribution is 2.37. The van der Waals surface area contributed by atoms with E-state index in [0.717, 1.165) is 41.7 Å². The quantitative estimate of drug-likeness (QED) is 0.170. The summed E-state index contributed by atoms with van der Waals surface area (Å²) in [6.07, 6.45) is 3.05. The Labute approximate surface area is 263 Å². The molecule has 11 heteroatoms. The van der Waals surface area contributed by atoms with Crippen LogP contribution in [-0.4, -0.2) is 59.4 Å². The number of rotatable bonds is 10. The minimum Gasteiger partial charge on any atom is -0.488 e. The Morgan fingerprint density at radius 3 is 2.28 bits per heavy atom. The molecule has 3 aromatic carbocycles. The van der Waals surface area contributed by atoms with Gasteiger partial charge in [0.25, 0.3) is 5.91 Å². The first-order chi connectivity index (χ1) is 22.1. The van der Waals surface area contributed by atoms with Crippen molar-refractivity contribution in [1.82, 2.24) is 15.1 Å². The molecule has 2 fully saturated rings. The van der Waals surface area contributed by atoms with Crippen LogP contribution in [0.5, 0.6) is 5.75 Å². The molecule has 3 aromatic rings. The molecule has 6 rings (SSSR count). The molecular weight excluding hydrogens is 605 g/mol. The summed E-state index contributed by atoms with van der Waals surface area (Å²) in [6, 6.07) is 12.0. The number of carbonyl (C=O) groups excluding carboxylic acids is 2. The Balaban J connectivity index is 1.23. The minimum absolute atomic E-state index is 0.0171. The molecule has 1 aliphatic carbocycles. The van der Waals surface area contributed by atoms with Gasteiger partial charge in [0.2, 0.25) is 11.7 Å². The normalized spacial score (nSPS) is 19.3. The molecule has 2 atom stereocenters. The van der Waals surface area contributed by atoms with Gasteiger partial charge < -0.3 is 19.9 Å². The zero-order chi connectivity index (χ0) is 32.5. The molecule has 0 spiro atoms. The summed E-state index contributed by atoms with van der Waals surface area (Å²) in [7, 11) is 0. The van der Waals surface area contributed by atoms with E-state index in [1.807, 2.05) is 24.3 Å². The van der Waals surface area contributed by atoms with Crippen molar-refractivity contribution in [3.05, 3.63) is 106 Å². The summed E-state index contributed by atoms with van der Waals surface area (Å²) in [6.45, 7) is 2.39. The second kappa shape index (κ2) is 13.2. The van der Waals surface area contributed by atoms with E-state index in [4.69, 9.17) is 4.74 Å². The van der Waals surface area contributed by atoms with Gasteiger partial charge in [0, 0.05) is 50.3 Å². The molecular formula is C35H34F5N3O3. The van der Waals surface area contributed by atoms with Crippen LogP contribution in [0.4, 0.5) is 22.0 Å². The summed E-state index contributed by atoms with van der Waals surface area (Å²) < 4.78 is 74.4. The minimum atomic E-state index is -1.36. The summed E-state index contributed by atoms with van der Waals surface area (Å²) >= 11 is 0. The lowest BCUT2D eigenvalue weighted by Gasteiger charge is -2.44. The molecule has 2 bridgehead atoms. The fourth-order valence-corrected chi connectivity index (χ4v) is 6.39. The van der Waals surface area contributed by atoms with Gasteiger partial charge in [-0.3, -0.25) is 9.59 Å². The van der Waals surface area contributed by atoms with Crippen molar-refractivity contribution in [2.45, 2.75) is 63.7 Å². The number of nitrogens with one attached hydrogen (secondary N) is 1. The Kier molecular flexibility index (Phi) is 9.13. The van der Waals surface area contributed by atoms with Gasteiger partial charge in [-0.2, -0.15) is 4.39 Å². The number of ether oxygens (including phenoxy) is 1. The number of piperazine rings is 1. The first-order valence-electron chi connectivity index (χ1n) is 15.4. The van der Waals surface area contributed by atoms with Gasteiger partial charge in [-0.05, 0) is 78.6 Å². The van der Waals surface area contributed by atoms with E-state index in [1.54, 1.807) is 9.80 Å². The Bertz CT molecular complexity index is 1650. The Hall–Kier alpha value is -4.25. The predicted molar refractivity (Wildman–Crippen MR) is 161 cm³/mol. The van der Waals surface area contributed by atoms with Crippen molar-refractivity contribution in [3.63, 3.8) is 0 Å². The monoisotopic (exact) mass is 639 g/mol. The standard InChI is InChI=1S/C35H34F5N3O3/c1-20(44)42-18-26-16-28(23-6-4-21(5-7-23)3-2-12-46-34-30(39)11-10-29(38)33(34)40)32(31(19-42)41-26)35(45)43(27-8-9-27)17-22-13-24(36)15-25(37)14-22/h4-7,10-11,13-15,26-27,31,41H,2-3,8-9,12,16-19H2,1H3/t26?,31-/m1/s1. The summed E-state index contributed by atoms with van der Waals surface area (Å²) in [4.78, 5) is 30.2. The molecule has 6 nitrogen and oxygen atoms in total. The molecule has 0 aromatic heterocycles. The number of amides is 2. The number of carbonyl (C=O) groups is 2. The van der Waals surface area contributed by atoms with E-state index in [2.05, 4.69) is 5.32 Å². The van der Waals surface area contributed by atoms with E-state index in [1.165, 1.54) is 19.1 Å². The molecule has 1 N–H and O–H groups in total. The van der Waals surface area contributed by atoms with Crippen LogP contribution >= 0.6 is 0 Å². The van der Waals surface area contributed by atoms with Crippen LogP contribution in [0.3, 0.4) is 0 Å². The fourth-order valence-electron chi connectivity index (χ4n) is 6.39. The zero-order valence-electron chi connectivity index (χ0n) is 25.3. The van der Waals surface area contributed by atoms with Gasteiger partial charge in [0.15, 0.2) is 17.4 Å². The van der Waals surface area contributed by atoms with Crippen LogP contribution in [0.2, 0.25) is 0 Å². The second-order valence-electron chi connectivity index (χ2n) is 12.2. The fraction of sp³-hybridized carbons (Fsp3) is 0.371. The Morgan fingerprint density at radius 2 is 1.61 bits per heavy atom. The number of fused-ring (bicyclic) bond motifs is 2. The van der Waals surface area contributed by atoms with E-state index in [-0.39, 0.29) is 37.0 Å². The molecule has 242 valence electrons. The third-order valence-corrected chi connectivity index (χ3v) is 8.76. The molecule has 2 heterocycles. The van der Waals surface area contributed by atoms with E-state index in [0.29, 0.717) is 49.6 Å². The smallest absolute Gasteiger partial charge is 0.252 e. The highest BCUT2D eigenvalue weighted by molar-refractivity contribution is 6.03. The average molecular weight is 640 g/mol. The third kappa shape index (κ3) is 6.94. The molecule has 1 unspecified atom stereocenters. The lowest BCUT2D eigenvalue weighted by Crippen LogP contribution is -2.61. The van der Waals surface area contributed by atoms with Crippen LogP contribution in [0, 0.1) is 29.1 Å². The van der Waals surface area contributed by atoms with E-state index >= 15 is 0 Å². The van der Waals surface area contributed by atoms with Gasteiger partial charge in [0.1, 0.15) is 11.6 Å². The molecule has 2 aliphatic heterocycles. The van der Waals surface area contributed by atoms with Crippen molar-refractivity contribution in [1.29, 1.82) is 0 Å². The van der Waals surface area contributed by atoms with E-state index in [9.17, 15) is 31.5 Å². The first kappa shape index (κ1) is 31.7. The maximum atomic E-state index is 14.4. The largest absolute Gasteiger partial charge is 0.488 e. The van der Waals surface area contributed by atoms with Crippen molar-refractivity contribution < 1.29 is 36.3 Å². The molecule has 1 saturated carbocycles. The average Bonchev–Trinajstić information content (AvgIpc) is 3.86. The van der Waals surface area contributed by atoms with E-state index < -0.39 is 40.9 Å². The van der Waals surface area contributed by atoms with Gasteiger partial charge in [-0.25, -0.2) is 17.6 Å². The van der Waals surface area contributed by atoms with Crippen LogP contribution in [-0.2, 0) is 22.6 Å². The van der Waals surface area contributed by atoms with Gasteiger partial charge in [-0.15, -0.1) is 0 Å². The zero-order valence-corrected chi connectivity index (χ0v) is 25.3. The van der Waals surface area contributed by atoms with Gasteiger partial charge in [-0.1, -0.05) is 24.3 Å². The summed E-state index contributed by atoms with van der Waals surface area (Å²) in [5.41, 5.74) is 3.57. The number of nitrogens with zero attached hydrogens (tertiary/aromatic N) is 2. The molecule has 2 amide bonds. The first-order valence-corrected chi connectivity index (χ1v) is 15.4. The van der Waals surface area contributed by atoms with Crippen LogP contribution < -0.4 is 10.1 Å². The number of halogens is 5. The summed E-state index contributed by atoms with van der Waals surface area (Å²) in [5, 5.41) is 3.53. The maximum absolute atomic E-state index is 14.4. The lowest BCUT2D eigenvalue weighted by molar-refractivity contribution is -0.132. The van der Waals surface area contributed by atoms with Gasteiger partial charge >= 0.3 is 0 Å². The SMILES string of the molecule is CC(=O)N1CC2CC(c3ccc(CCCOc4c(F)ccc(F)c4F)cc3)=C(C(=O)N(Cc3cc(F)cc(F)c3)C3CC3)[C@@H](C1)N2. The maximum Gasteiger partial charge on any atom is 0.252 e. The van der Waals surface area contributed by atoms with Crippen molar-refractivity contribution in [2.75, 3.05) is 19.7 Å². The number of benzene rings is 3. The predicted octanol–water partition coefficient (Wildman–Crippen LogP) is 5.93. The number of aryl methyl sites for hydroxylation is 1. The third-order valence-electron chi connectivity index (χ3n) is 8.76. The van der Waals surface area contributed by atoms with Gasteiger partial charge in [0.05, 0.1) is 12.6 Å². The highest BCUT2D eigenvalue weighted by atomic mass is 19.2. The van der Waals surface area contributed by atoms with Crippen LogP contribution in [0.15, 0.2) is 60.2 Å². The second-order valence-corrected chi connectivity index (χ2v) is 12.2. The molecule has 46 heavy (non-hydrogen) atoms. The lowest BCUT2D eigenvalue weighted by atomic mass is 9.82. The highest BCUT2D eigenvalue weighted by Gasteiger charge is 2.43. The molecule has 0 radical (unpaired) electrons. The van der Waals surface area contributed by atoms with Crippen molar-refractivity contribution >= 4 is 17.4 Å². The van der Waals surface area contributed by atoms with Crippen LogP contribution in [0.1, 0.15) is 49.3 Å². The van der Waals surface area contributed by atoms with Crippen molar-refractivity contribution in [2.24, 2.45) is 0 Å². The van der Waals surface area contributed by atoms with Crippen LogP contribution in [0.25, 0.3) is 5.57 Å². The topological polar surface area (TPSA) is 61.9 Å². The van der Waals surface area contributed by atoms with Crippen molar-refractivity contribution in [3.8, 4) is 5.75 Å². The number of hydrogen-bond donors (Lipinski definition) is 1. The molecule has 3 aliphatic rings.